The van der Waals surface area contributed by atoms with Crippen LogP contribution >= 0.6 is 0 Å². The molecule has 1 aliphatic heterocycles. The summed E-state index contributed by atoms with van der Waals surface area (Å²) in [6.07, 6.45) is 5.56. The topological polar surface area (TPSA) is 107 Å². The molecule has 0 unspecified atom stereocenters. The second-order valence-corrected chi connectivity index (χ2v) is 7.76. The second kappa shape index (κ2) is 10.6. The Morgan fingerprint density at radius 3 is 2.50 bits per heavy atom. The van der Waals surface area contributed by atoms with Crippen molar-refractivity contribution >= 4 is 23.1 Å². The van der Waals surface area contributed by atoms with E-state index in [2.05, 4.69) is 22.5 Å². The SMILES string of the molecule is CCCCNC(=O)Nc1nc2c(c(=O)n(C)c(=O)n2C)n1CC[NH+]1CCCCC1.[Cl-]. The van der Waals surface area contributed by atoms with Gasteiger partial charge < -0.3 is 22.6 Å². The van der Waals surface area contributed by atoms with Gasteiger partial charge in [0.1, 0.15) is 0 Å². The van der Waals surface area contributed by atoms with Crippen molar-refractivity contribution < 1.29 is 22.1 Å². The van der Waals surface area contributed by atoms with E-state index in [1.54, 1.807) is 11.6 Å². The van der Waals surface area contributed by atoms with Crippen molar-refractivity contribution in [3.8, 4) is 0 Å². The summed E-state index contributed by atoms with van der Waals surface area (Å²) in [6.45, 7) is 6.24. The third-order valence-electron chi connectivity index (χ3n) is 5.64. The molecule has 2 aromatic heterocycles. The van der Waals surface area contributed by atoms with Crippen LogP contribution in [0.15, 0.2) is 9.59 Å². The number of nitrogens with zero attached hydrogens (tertiary/aromatic N) is 4. The first-order valence-corrected chi connectivity index (χ1v) is 10.5. The minimum absolute atomic E-state index is 0. The lowest BCUT2D eigenvalue weighted by Crippen LogP contribution is -3.13. The number of unbranched alkanes of at least 4 members (excludes halogenated alkanes) is 1. The van der Waals surface area contributed by atoms with E-state index in [9.17, 15) is 14.4 Å². The van der Waals surface area contributed by atoms with Gasteiger partial charge >= 0.3 is 11.7 Å². The van der Waals surface area contributed by atoms with Crippen molar-refractivity contribution in [3.05, 3.63) is 20.8 Å². The molecule has 0 aromatic carbocycles. The lowest BCUT2D eigenvalue weighted by Gasteiger charge is -2.24. The van der Waals surface area contributed by atoms with Gasteiger partial charge in [0, 0.05) is 20.6 Å². The molecule has 0 saturated carbocycles. The first kappa shape index (κ1) is 23.9. The molecular formula is C19H32ClN7O3. The Morgan fingerprint density at radius 1 is 1.13 bits per heavy atom. The van der Waals surface area contributed by atoms with E-state index in [1.807, 2.05) is 0 Å². The number of rotatable bonds is 7. The number of fused-ring (bicyclic) bond motifs is 1. The van der Waals surface area contributed by atoms with E-state index >= 15 is 0 Å². The highest BCUT2D eigenvalue weighted by Gasteiger charge is 2.22. The van der Waals surface area contributed by atoms with Crippen LogP contribution in [-0.4, -0.2) is 50.9 Å². The number of carbonyl (C=O) groups is 1. The minimum Gasteiger partial charge on any atom is -1.00 e. The maximum absolute atomic E-state index is 12.8. The van der Waals surface area contributed by atoms with Crippen LogP contribution < -0.4 is 39.2 Å². The summed E-state index contributed by atoms with van der Waals surface area (Å²) < 4.78 is 4.18. The van der Waals surface area contributed by atoms with Gasteiger partial charge in [-0.25, -0.2) is 9.59 Å². The first-order chi connectivity index (χ1) is 13.9. The van der Waals surface area contributed by atoms with Crippen molar-refractivity contribution in [1.82, 2.24) is 24.0 Å². The Balaban J connectivity index is 0.00000320. The molecule has 30 heavy (non-hydrogen) atoms. The molecule has 0 bridgehead atoms. The Bertz CT molecular complexity index is 989. The number of anilines is 1. The van der Waals surface area contributed by atoms with Crippen LogP contribution in [0.5, 0.6) is 0 Å². The van der Waals surface area contributed by atoms with Gasteiger partial charge in [-0.1, -0.05) is 13.3 Å². The number of hydrogen-bond donors (Lipinski definition) is 3. The summed E-state index contributed by atoms with van der Waals surface area (Å²) in [5.74, 6) is 0.295. The van der Waals surface area contributed by atoms with E-state index in [0.717, 1.165) is 37.0 Å². The van der Waals surface area contributed by atoms with Crippen molar-refractivity contribution in [1.29, 1.82) is 0 Å². The molecule has 1 aliphatic rings. The third-order valence-corrected chi connectivity index (χ3v) is 5.64. The van der Waals surface area contributed by atoms with Crippen LogP contribution in [0.4, 0.5) is 10.7 Å². The molecule has 1 fully saturated rings. The molecule has 0 spiro atoms. The molecule has 3 rings (SSSR count). The van der Waals surface area contributed by atoms with Crippen LogP contribution in [-0.2, 0) is 20.6 Å². The number of halogens is 1. The predicted molar refractivity (Wildman–Crippen MR) is 112 cm³/mol. The largest absolute Gasteiger partial charge is 1.00 e. The van der Waals surface area contributed by atoms with Gasteiger partial charge in [0.15, 0.2) is 11.2 Å². The number of nitrogens with one attached hydrogen (secondary N) is 3. The summed E-state index contributed by atoms with van der Waals surface area (Å²) in [5.41, 5.74) is -0.207. The Labute approximate surface area is 181 Å². The number of amides is 2. The van der Waals surface area contributed by atoms with Gasteiger partial charge in [-0.15, -0.1) is 0 Å². The quantitative estimate of drug-likeness (QED) is 0.386. The number of aryl methyl sites for hydroxylation is 1. The third kappa shape index (κ3) is 5.04. The van der Waals surface area contributed by atoms with Crippen LogP contribution in [0.1, 0.15) is 39.0 Å². The van der Waals surface area contributed by atoms with Gasteiger partial charge in [0.05, 0.1) is 26.2 Å². The van der Waals surface area contributed by atoms with E-state index in [1.165, 1.54) is 35.8 Å². The number of aromatic nitrogens is 4. The van der Waals surface area contributed by atoms with Crippen molar-refractivity contribution in [2.45, 2.75) is 45.6 Å². The molecule has 2 aromatic rings. The molecule has 10 nitrogen and oxygen atoms in total. The zero-order valence-electron chi connectivity index (χ0n) is 18.0. The molecule has 2 amide bonds. The summed E-state index contributed by atoms with van der Waals surface area (Å²) in [6, 6.07) is -0.359. The van der Waals surface area contributed by atoms with Crippen LogP contribution in [0.3, 0.4) is 0 Å². The Morgan fingerprint density at radius 2 is 1.83 bits per heavy atom. The highest BCUT2D eigenvalue weighted by molar-refractivity contribution is 5.89. The molecule has 3 heterocycles. The smallest absolute Gasteiger partial charge is 0.332 e. The van der Waals surface area contributed by atoms with Crippen LogP contribution in [0.2, 0.25) is 0 Å². The summed E-state index contributed by atoms with van der Waals surface area (Å²) in [4.78, 5) is 43.4. The van der Waals surface area contributed by atoms with E-state index < -0.39 is 11.2 Å². The molecule has 0 aliphatic carbocycles. The Hall–Kier alpha value is -2.33. The minimum atomic E-state index is -0.437. The van der Waals surface area contributed by atoms with Gasteiger partial charge in [0.25, 0.3) is 5.56 Å². The average Bonchev–Trinajstić information content (AvgIpc) is 3.08. The molecule has 1 saturated heterocycles. The molecule has 0 atom stereocenters. The van der Waals surface area contributed by atoms with Crippen LogP contribution in [0.25, 0.3) is 11.2 Å². The zero-order chi connectivity index (χ0) is 21.0. The molecule has 11 heteroatoms. The maximum atomic E-state index is 12.8. The van der Waals surface area contributed by atoms with E-state index in [0.29, 0.717) is 24.6 Å². The molecule has 168 valence electrons. The number of imidazole rings is 1. The number of piperidine rings is 1. The number of urea groups is 1. The standard InChI is InChI=1S/C19H31N7O3.ClH/c1-4-5-9-20-18(28)22-17-21-15-14(16(27)24(3)19(29)23(15)2)26(17)13-12-25-10-7-6-8-11-25;/h4-13H2,1-3H3,(H2,20,21,22,28);1H. The van der Waals surface area contributed by atoms with Gasteiger partial charge in [-0.2, -0.15) is 4.98 Å². The van der Waals surface area contributed by atoms with Crippen LogP contribution in [0, 0.1) is 0 Å². The fraction of sp³-hybridized carbons (Fsp3) is 0.684. The van der Waals surface area contributed by atoms with E-state index in [4.69, 9.17) is 0 Å². The summed E-state index contributed by atoms with van der Waals surface area (Å²) in [7, 11) is 3.05. The van der Waals surface area contributed by atoms with Crippen molar-refractivity contribution in [2.75, 3.05) is 31.5 Å². The second-order valence-electron chi connectivity index (χ2n) is 7.76. The monoisotopic (exact) mass is 441 g/mol. The molecular weight excluding hydrogens is 410 g/mol. The number of likely N-dealkylation sites (tertiary alicyclic amines) is 1. The summed E-state index contributed by atoms with van der Waals surface area (Å²) in [5, 5.41) is 5.57. The fourth-order valence-corrected chi connectivity index (χ4v) is 3.86. The number of hydrogen-bond acceptors (Lipinski definition) is 4. The predicted octanol–water partition coefficient (Wildman–Crippen LogP) is -3.57. The highest BCUT2D eigenvalue weighted by Crippen LogP contribution is 2.15. The zero-order valence-corrected chi connectivity index (χ0v) is 18.7. The van der Waals surface area contributed by atoms with Gasteiger partial charge in [-0.3, -0.25) is 23.8 Å². The first-order valence-electron chi connectivity index (χ1n) is 10.5. The fourth-order valence-electron chi connectivity index (χ4n) is 3.86. The van der Waals surface area contributed by atoms with Gasteiger partial charge in [-0.05, 0) is 25.7 Å². The molecule has 3 N–H and O–H groups in total. The number of carbonyl (C=O) groups excluding carboxylic acids is 1. The van der Waals surface area contributed by atoms with Crippen molar-refractivity contribution in [2.24, 2.45) is 14.1 Å². The lowest BCUT2D eigenvalue weighted by atomic mass is 10.1. The Kier molecular flexibility index (Phi) is 8.48. The average molecular weight is 442 g/mol. The normalized spacial score (nSPS) is 14.5. The van der Waals surface area contributed by atoms with Gasteiger partial charge in [0.2, 0.25) is 5.95 Å². The van der Waals surface area contributed by atoms with E-state index in [-0.39, 0.29) is 24.1 Å². The number of quaternary nitrogens is 1. The van der Waals surface area contributed by atoms with Crippen molar-refractivity contribution in [3.63, 3.8) is 0 Å². The lowest BCUT2D eigenvalue weighted by molar-refractivity contribution is -0.905. The highest BCUT2D eigenvalue weighted by atomic mass is 35.5. The maximum Gasteiger partial charge on any atom is 0.332 e. The summed E-state index contributed by atoms with van der Waals surface area (Å²) >= 11 is 0. The molecule has 0 radical (unpaired) electrons.